The van der Waals surface area contributed by atoms with Gasteiger partial charge in [-0.15, -0.1) is 0 Å². The summed E-state index contributed by atoms with van der Waals surface area (Å²) in [6, 6.07) is 6.14. The third-order valence-electron chi connectivity index (χ3n) is 3.31. The van der Waals surface area contributed by atoms with Crippen molar-refractivity contribution in [3.05, 3.63) is 24.3 Å². The van der Waals surface area contributed by atoms with Gasteiger partial charge in [0.05, 0.1) is 18.1 Å². The molecule has 6 nitrogen and oxygen atoms in total. The topological polar surface area (TPSA) is 84.9 Å². The Morgan fingerprint density at radius 1 is 1.33 bits per heavy atom. The minimum Gasteiger partial charge on any atom is -0.491 e. The molecule has 1 saturated heterocycles. The molecule has 2 N–H and O–H groups in total. The van der Waals surface area contributed by atoms with E-state index in [1.54, 1.807) is 12.1 Å². The van der Waals surface area contributed by atoms with Gasteiger partial charge in [-0.25, -0.2) is 13.1 Å². The van der Waals surface area contributed by atoms with Crippen LogP contribution >= 0.6 is 0 Å². The molecule has 1 heterocycles. The standard InChI is InChI=1S/C14H21NO5S/c16-7-9-20-13-3-5-14(6-4-13)21(17,18)15-10-12-2-1-8-19-11-12/h3-6,12,15-16H,1-2,7-11H2. The number of ether oxygens (including phenoxy) is 2. The molecule has 1 aliphatic rings. The van der Waals surface area contributed by atoms with Gasteiger partial charge >= 0.3 is 0 Å². The van der Waals surface area contributed by atoms with E-state index < -0.39 is 10.0 Å². The molecule has 1 aliphatic heterocycles. The Kier molecular flexibility index (Phi) is 5.98. The summed E-state index contributed by atoms with van der Waals surface area (Å²) < 4.78 is 37.5. The fourth-order valence-corrected chi connectivity index (χ4v) is 3.27. The number of hydrogen-bond donors (Lipinski definition) is 2. The monoisotopic (exact) mass is 315 g/mol. The highest BCUT2D eigenvalue weighted by Crippen LogP contribution is 2.17. The quantitative estimate of drug-likeness (QED) is 0.776. The molecule has 7 heteroatoms. The fourth-order valence-electron chi connectivity index (χ4n) is 2.16. The van der Waals surface area contributed by atoms with E-state index in [2.05, 4.69) is 4.72 Å². The molecular formula is C14H21NO5S. The van der Waals surface area contributed by atoms with Gasteiger partial charge in [0, 0.05) is 13.2 Å². The van der Waals surface area contributed by atoms with Crippen molar-refractivity contribution in [2.24, 2.45) is 5.92 Å². The Morgan fingerprint density at radius 2 is 2.10 bits per heavy atom. The first-order valence-corrected chi connectivity index (χ1v) is 8.51. The SMILES string of the molecule is O=S(=O)(NCC1CCCOC1)c1ccc(OCCO)cc1. The average molecular weight is 315 g/mol. The molecule has 1 aromatic rings. The third kappa shape index (κ3) is 4.96. The van der Waals surface area contributed by atoms with Gasteiger partial charge in [-0.1, -0.05) is 0 Å². The first kappa shape index (κ1) is 16.2. The normalized spacial score (nSPS) is 19.4. The van der Waals surface area contributed by atoms with Crippen LogP contribution in [0.4, 0.5) is 0 Å². The molecule has 2 rings (SSSR count). The predicted octanol–water partition coefficient (Wildman–Crippen LogP) is 0.763. The lowest BCUT2D eigenvalue weighted by molar-refractivity contribution is 0.0568. The van der Waals surface area contributed by atoms with E-state index >= 15 is 0 Å². The molecule has 1 unspecified atom stereocenters. The van der Waals surface area contributed by atoms with E-state index in [1.165, 1.54) is 12.1 Å². The Labute approximate surface area is 125 Å². The number of benzene rings is 1. The van der Waals surface area contributed by atoms with Gasteiger partial charge in [0.15, 0.2) is 0 Å². The van der Waals surface area contributed by atoms with Crippen molar-refractivity contribution in [2.45, 2.75) is 17.7 Å². The summed E-state index contributed by atoms with van der Waals surface area (Å²) in [5.74, 6) is 0.768. The van der Waals surface area contributed by atoms with Crippen LogP contribution in [-0.4, -0.2) is 46.5 Å². The van der Waals surface area contributed by atoms with Crippen LogP contribution in [0.5, 0.6) is 5.75 Å². The fraction of sp³-hybridized carbons (Fsp3) is 0.571. The van der Waals surface area contributed by atoms with Gasteiger partial charge in [0.25, 0.3) is 0 Å². The third-order valence-corrected chi connectivity index (χ3v) is 4.75. The van der Waals surface area contributed by atoms with Gasteiger partial charge in [0.2, 0.25) is 10.0 Å². The highest BCUT2D eigenvalue weighted by atomic mass is 32.2. The van der Waals surface area contributed by atoms with Crippen molar-refractivity contribution in [3.8, 4) is 5.75 Å². The van der Waals surface area contributed by atoms with Crippen molar-refractivity contribution in [1.29, 1.82) is 0 Å². The number of rotatable bonds is 7. The highest BCUT2D eigenvalue weighted by Gasteiger charge is 2.19. The number of aliphatic hydroxyl groups excluding tert-OH is 1. The van der Waals surface area contributed by atoms with E-state index in [1.807, 2.05) is 0 Å². The van der Waals surface area contributed by atoms with Crippen LogP contribution in [0.1, 0.15) is 12.8 Å². The number of hydrogen-bond acceptors (Lipinski definition) is 5. The molecule has 0 aliphatic carbocycles. The summed E-state index contributed by atoms with van der Waals surface area (Å²) in [4.78, 5) is 0.204. The maximum atomic E-state index is 12.2. The average Bonchev–Trinajstić information content (AvgIpc) is 2.52. The van der Waals surface area contributed by atoms with Crippen LogP contribution in [0.2, 0.25) is 0 Å². The maximum Gasteiger partial charge on any atom is 0.240 e. The van der Waals surface area contributed by atoms with Gasteiger partial charge < -0.3 is 14.6 Å². The number of nitrogens with one attached hydrogen (secondary N) is 1. The van der Waals surface area contributed by atoms with Crippen LogP contribution in [0.25, 0.3) is 0 Å². The van der Waals surface area contributed by atoms with Gasteiger partial charge in [-0.05, 0) is 43.0 Å². The molecule has 1 atom stereocenters. The molecule has 0 radical (unpaired) electrons. The largest absolute Gasteiger partial charge is 0.491 e. The minimum atomic E-state index is -3.51. The smallest absolute Gasteiger partial charge is 0.240 e. The van der Waals surface area contributed by atoms with Crippen molar-refractivity contribution >= 4 is 10.0 Å². The zero-order chi connectivity index (χ0) is 15.1. The minimum absolute atomic E-state index is 0.0783. The Bertz CT molecular complexity index is 523. The molecule has 118 valence electrons. The van der Waals surface area contributed by atoms with E-state index in [4.69, 9.17) is 14.6 Å². The molecule has 1 aromatic carbocycles. The molecular weight excluding hydrogens is 294 g/mol. The summed E-state index contributed by atoms with van der Waals surface area (Å²) in [5.41, 5.74) is 0. The molecule has 1 fully saturated rings. The number of aliphatic hydroxyl groups is 1. The molecule has 0 aromatic heterocycles. The van der Waals surface area contributed by atoms with Gasteiger partial charge in [-0.2, -0.15) is 0 Å². The molecule has 0 bridgehead atoms. The van der Waals surface area contributed by atoms with Crippen LogP contribution in [0.15, 0.2) is 29.2 Å². The van der Waals surface area contributed by atoms with Gasteiger partial charge in [-0.3, -0.25) is 0 Å². The lowest BCUT2D eigenvalue weighted by atomic mass is 10.0. The van der Waals surface area contributed by atoms with Crippen molar-refractivity contribution in [1.82, 2.24) is 4.72 Å². The van der Waals surface area contributed by atoms with Crippen molar-refractivity contribution in [3.63, 3.8) is 0 Å². The Hall–Kier alpha value is -1.15. The van der Waals surface area contributed by atoms with Gasteiger partial charge in [0.1, 0.15) is 12.4 Å². The first-order valence-electron chi connectivity index (χ1n) is 7.03. The lowest BCUT2D eigenvalue weighted by Crippen LogP contribution is -2.33. The Balaban J connectivity index is 1.91. The van der Waals surface area contributed by atoms with E-state index in [9.17, 15) is 8.42 Å². The second kappa shape index (κ2) is 7.74. The van der Waals surface area contributed by atoms with Crippen molar-refractivity contribution < 1.29 is 23.0 Å². The summed E-state index contributed by atoms with van der Waals surface area (Å²) in [5, 5.41) is 8.66. The summed E-state index contributed by atoms with van der Waals surface area (Å²) >= 11 is 0. The van der Waals surface area contributed by atoms with E-state index in [0.717, 1.165) is 19.4 Å². The zero-order valence-corrected chi connectivity index (χ0v) is 12.6. The maximum absolute atomic E-state index is 12.2. The van der Waals surface area contributed by atoms with E-state index in [0.29, 0.717) is 18.9 Å². The molecule has 0 spiro atoms. The Morgan fingerprint density at radius 3 is 2.71 bits per heavy atom. The molecule has 0 amide bonds. The summed E-state index contributed by atoms with van der Waals surface area (Å²) in [6.45, 7) is 1.87. The number of sulfonamides is 1. The van der Waals surface area contributed by atoms with Crippen molar-refractivity contribution in [2.75, 3.05) is 33.0 Å². The molecule has 0 saturated carbocycles. The first-order chi connectivity index (χ1) is 10.1. The van der Waals surface area contributed by atoms with E-state index in [-0.39, 0.29) is 24.0 Å². The molecule has 21 heavy (non-hydrogen) atoms. The van der Waals surface area contributed by atoms with Crippen LogP contribution in [0, 0.1) is 5.92 Å². The lowest BCUT2D eigenvalue weighted by Gasteiger charge is -2.22. The predicted molar refractivity (Wildman–Crippen MR) is 77.8 cm³/mol. The van der Waals surface area contributed by atoms with Crippen LogP contribution in [-0.2, 0) is 14.8 Å². The van der Waals surface area contributed by atoms with Crippen LogP contribution in [0.3, 0.4) is 0 Å². The second-order valence-corrected chi connectivity index (χ2v) is 6.75. The summed E-state index contributed by atoms with van der Waals surface area (Å²) in [6.07, 6.45) is 1.96. The highest BCUT2D eigenvalue weighted by molar-refractivity contribution is 7.89. The summed E-state index contributed by atoms with van der Waals surface area (Å²) in [7, 11) is -3.51. The van der Waals surface area contributed by atoms with Crippen LogP contribution < -0.4 is 9.46 Å². The second-order valence-electron chi connectivity index (χ2n) is 4.98. The zero-order valence-electron chi connectivity index (χ0n) is 11.8.